The van der Waals surface area contributed by atoms with Crippen LogP contribution in [-0.2, 0) is 14.8 Å². The van der Waals surface area contributed by atoms with Crippen molar-refractivity contribution in [2.24, 2.45) is 16.7 Å². The van der Waals surface area contributed by atoms with Crippen LogP contribution in [0.3, 0.4) is 0 Å². The van der Waals surface area contributed by atoms with Gasteiger partial charge in [0.15, 0.2) is 0 Å². The van der Waals surface area contributed by atoms with Crippen LogP contribution in [0.4, 0.5) is 0 Å². The number of nitrogens with zero attached hydrogens (tertiary/aromatic N) is 1. The number of carbonyl (C=O) groups excluding carboxylic acids is 1. The SMILES string of the molecule is COCCN(C)S(=O)(=O)c1cc(C(=O)NC2C(C)(C)[C@H]3CC[C@@]2(C)C3)ccc1C. The predicted molar refractivity (Wildman–Crippen MR) is 113 cm³/mol. The molecule has 0 radical (unpaired) electrons. The number of rotatable bonds is 7. The van der Waals surface area contributed by atoms with E-state index in [1.54, 1.807) is 19.1 Å². The monoisotopic (exact) mass is 422 g/mol. The first-order chi connectivity index (χ1) is 13.4. The molecule has 2 fully saturated rings. The van der Waals surface area contributed by atoms with E-state index in [1.165, 1.54) is 30.9 Å². The Morgan fingerprint density at radius 3 is 2.59 bits per heavy atom. The third-order valence-electron chi connectivity index (χ3n) is 7.29. The summed E-state index contributed by atoms with van der Waals surface area (Å²) in [4.78, 5) is 13.3. The number of aryl methyl sites for hydroxylation is 1. The number of likely N-dealkylation sites (N-methyl/N-ethyl adjacent to an activating group) is 1. The number of ether oxygens (including phenoxy) is 1. The van der Waals surface area contributed by atoms with Gasteiger partial charge in [-0.15, -0.1) is 0 Å². The van der Waals surface area contributed by atoms with Crippen molar-refractivity contribution in [2.45, 2.75) is 57.9 Å². The molecule has 6 nitrogen and oxygen atoms in total. The summed E-state index contributed by atoms with van der Waals surface area (Å²) >= 11 is 0. The van der Waals surface area contributed by atoms with E-state index in [4.69, 9.17) is 4.74 Å². The van der Waals surface area contributed by atoms with Crippen molar-refractivity contribution < 1.29 is 17.9 Å². The Bertz CT molecular complexity index is 891. The number of carbonyl (C=O) groups is 1. The van der Waals surface area contributed by atoms with Crippen LogP contribution in [0.2, 0.25) is 0 Å². The first kappa shape index (κ1) is 22.2. The van der Waals surface area contributed by atoms with E-state index in [2.05, 4.69) is 26.1 Å². The summed E-state index contributed by atoms with van der Waals surface area (Å²) in [6, 6.07) is 5.01. The molecule has 1 N–H and O–H groups in total. The quantitative estimate of drug-likeness (QED) is 0.732. The van der Waals surface area contributed by atoms with Gasteiger partial charge >= 0.3 is 0 Å². The molecular formula is C22H34N2O4S. The lowest BCUT2D eigenvalue weighted by molar-refractivity contribution is 0.0737. The van der Waals surface area contributed by atoms with Crippen LogP contribution in [0.15, 0.2) is 23.1 Å². The number of benzene rings is 1. The molecule has 3 atom stereocenters. The van der Waals surface area contributed by atoms with Crippen LogP contribution in [0, 0.1) is 23.7 Å². The number of hydrogen-bond acceptors (Lipinski definition) is 4. The smallest absolute Gasteiger partial charge is 0.251 e. The van der Waals surface area contributed by atoms with Gasteiger partial charge < -0.3 is 10.1 Å². The van der Waals surface area contributed by atoms with E-state index in [-0.39, 0.29) is 34.2 Å². The maximum absolute atomic E-state index is 13.1. The van der Waals surface area contributed by atoms with Crippen molar-refractivity contribution in [1.29, 1.82) is 0 Å². The first-order valence-corrected chi connectivity index (χ1v) is 11.7. The molecule has 29 heavy (non-hydrogen) atoms. The third kappa shape index (κ3) is 3.84. The molecular weight excluding hydrogens is 388 g/mol. The molecule has 1 amide bonds. The van der Waals surface area contributed by atoms with Gasteiger partial charge in [0.2, 0.25) is 10.0 Å². The van der Waals surface area contributed by atoms with Gasteiger partial charge in [0.1, 0.15) is 0 Å². The fourth-order valence-corrected chi connectivity index (χ4v) is 6.81. The summed E-state index contributed by atoms with van der Waals surface area (Å²) in [7, 11) is -0.632. The molecule has 1 aromatic rings. The van der Waals surface area contributed by atoms with E-state index >= 15 is 0 Å². The van der Waals surface area contributed by atoms with Crippen molar-refractivity contribution in [3.8, 4) is 0 Å². The fourth-order valence-electron chi connectivity index (χ4n) is 5.40. The van der Waals surface area contributed by atoms with Crippen LogP contribution >= 0.6 is 0 Å². The van der Waals surface area contributed by atoms with Gasteiger partial charge in [0, 0.05) is 32.3 Å². The largest absolute Gasteiger partial charge is 0.383 e. The minimum Gasteiger partial charge on any atom is -0.383 e. The molecule has 3 rings (SSSR count). The Labute approximate surface area is 175 Å². The predicted octanol–water partition coefficient (Wildman–Crippen LogP) is 3.21. The van der Waals surface area contributed by atoms with Gasteiger partial charge in [-0.2, -0.15) is 4.31 Å². The Morgan fingerprint density at radius 1 is 1.31 bits per heavy atom. The summed E-state index contributed by atoms with van der Waals surface area (Å²) in [6.45, 7) is 9.06. The highest BCUT2D eigenvalue weighted by molar-refractivity contribution is 7.89. The lowest BCUT2D eigenvalue weighted by atomic mass is 9.68. The van der Waals surface area contributed by atoms with Crippen molar-refractivity contribution in [2.75, 3.05) is 27.3 Å². The molecule has 162 valence electrons. The Morgan fingerprint density at radius 2 is 2.00 bits per heavy atom. The van der Waals surface area contributed by atoms with Gasteiger partial charge in [0.05, 0.1) is 11.5 Å². The number of amides is 1. The van der Waals surface area contributed by atoms with Crippen molar-refractivity contribution in [1.82, 2.24) is 9.62 Å². The van der Waals surface area contributed by atoms with E-state index in [0.29, 0.717) is 23.7 Å². The molecule has 2 aliphatic rings. The average Bonchev–Trinajstić information content (AvgIpc) is 3.14. The lowest BCUT2D eigenvalue weighted by Gasteiger charge is -2.43. The maximum atomic E-state index is 13.1. The fraction of sp³-hybridized carbons (Fsp3) is 0.682. The summed E-state index contributed by atoms with van der Waals surface area (Å²) < 4.78 is 32.2. The maximum Gasteiger partial charge on any atom is 0.251 e. The molecule has 2 aliphatic carbocycles. The van der Waals surface area contributed by atoms with E-state index in [1.807, 2.05) is 0 Å². The molecule has 0 aromatic heterocycles. The lowest BCUT2D eigenvalue weighted by Crippen LogP contribution is -2.52. The zero-order valence-corrected chi connectivity index (χ0v) is 19.2. The molecule has 2 bridgehead atoms. The summed E-state index contributed by atoms with van der Waals surface area (Å²) in [5, 5.41) is 3.25. The zero-order chi connectivity index (χ0) is 21.6. The van der Waals surface area contributed by atoms with E-state index in [9.17, 15) is 13.2 Å². The second-order valence-electron chi connectivity index (χ2n) is 9.62. The molecule has 0 spiro atoms. The third-order valence-corrected chi connectivity index (χ3v) is 9.29. The number of sulfonamides is 1. The van der Waals surface area contributed by atoms with Crippen molar-refractivity contribution >= 4 is 15.9 Å². The van der Waals surface area contributed by atoms with Crippen LogP contribution in [0.25, 0.3) is 0 Å². The average molecular weight is 423 g/mol. The zero-order valence-electron chi connectivity index (χ0n) is 18.4. The van der Waals surface area contributed by atoms with Crippen molar-refractivity contribution in [3.63, 3.8) is 0 Å². The van der Waals surface area contributed by atoms with Crippen LogP contribution < -0.4 is 5.32 Å². The van der Waals surface area contributed by atoms with Gasteiger partial charge in [-0.1, -0.05) is 26.8 Å². The van der Waals surface area contributed by atoms with Crippen LogP contribution in [-0.4, -0.2) is 52.0 Å². The van der Waals surface area contributed by atoms with Crippen LogP contribution in [0.1, 0.15) is 56.0 Å². The highest BCUT2D eigenvalue weighted by Crippen LogP contribution is 2.62. The normalized spacial score (nSPS) is 28.1. The van der Waals surface area contributed by atoms with Gasteiger partial charge in [-0.3, -0.25) is 4.79 Å². The Balaban J connectivity index is 1.85. The summed E-state index contributed by atoms with van der Waals surface area (Å²) in [5.74, 6) is 0.425. The number of hydrogen-bond donors (Lipinski definition) is 1. The number of fused-ring (bicyclic) bond motifs is 2. The molecule has 1 aromatic carbocycles. The van der Waals surface area contributed by atoms with Crippen LogP contribution in [0.5, 0.6) is 0 Å². The van der Waals surface area contributed by atoms with Gasteiger partial charge in [-0.05, 0) is 60.6 Å². The van der Waals surface area contributed by atoms with E-state index < -0.39 is 10.0 Å². The first-order valence-electron chi connectivity index (χ1n) is 10.3. The molecule has 0 saturated heterocycles. The second kappa shape index (κ2) is 7.67. The molecule has 2 saturated carbocycles. The highest BCUT2D eigenvalue weighted by Gasteiger charge is 2.59. The Hall–Kier alpha value is -1.44. The summed E-state index contributed by atoms with van der Waals surface area (Å²) in [6.07, 6.45) is 3.49. The molecule has 0 heterocycles. The minimum atomic E-state index is -3.70. The van der Waals surface area contributed by atoms with Gasteiger partial charge in [-0.25, -0.2) is 8.42 Å². The van der Waals surface area contributed by atoms with E-state index in [0.717, 1.165) is 12.8 Å². The number of nitrogens with one attached hydrogen (secondary N) is 1. The molecule has 7 heteroatoms. The highest BCUT2D eigenvalue weighted by atomic mass is 32.2. The Kier molecular flexibility index (Phi) is 5.89. The topological polar surface area (TPSA) is 75.7 Å². The minimum absolute atomic E-state index is 0.0443. The molecule has 0 aliphatic heterocycles. The second-order valence-corrected chi connectivity index (χ2v) is 11.6. The molecule has 1 unspecified atom stereocenters. The summed E-state index contributed by atoms with van der Waals surface area (Å²) in [5.41, 5.74) is 1.17. The number of methoxy groups -OCH3 is 1. The van der Waals surface area contributed by atoms with Gasteiger partial charge in [0.25, 0.3) is 5.91 Å². The standard InChI is InChI=1S/C22H34N2O4S/c1-15-7-8-16(13-18(15)29(26,27)24(5)11-12-28-6)19(25)23-20-21(2,3)17-9-10-22(20,4)14-17/h7-8,13,17,20H,9-12,14H2,1-6H3,(H,23,25)/t17-,20?,22-/m0/s1. The van der Waals surface area contributed by atoms with Crippen molar-refractivity contribution in [3.05, 3.63) is 29.3 Å².